The Balaban J connectivity index is 1.59. The Labute approximate surface area is 186 Å². The highest BCUT2D eigenvalue weighted by atomic mass is 16.3. The second kappa shape index (κ2) is 9.33. The van der Waals surface area contributed by atoms with Crippen molar-refractivity contribution in [2.75, 3.05) is 14.1 Å². The average molecular weight is 415 g/mol. The molecule has 1 heterocycles. The van der Waals surface area contributed by atoms with Gasteiger partial charge in [0, 0.05) is 30.8 Å². The maximum Gasteiger partial charge on any atom is 0.0756 e. The Bertz CT molecular complexity index is 891. The number of benzene rings is 2. The second-order valence-electron chi connectivity index (χ2n) is 9.36. The Morgan fingerprint density at radius 1 is 0.839 bits per heavy atom. The highest BCUT2D eigenvalue weighted by Crippen LogP contribution is 2.47. The van der Waals surface area contributed by atoms with Crippen molar-refractivity contribution >= 4 is 0 Å². The van der Waals surface area contributed by atoms with E-state index in [9.17, 15) is 5.11 Å². The first-order chi connectivity index (χ1) is 15.0. The largest absolute Gasteiger partial charge is 0.389 e. The quantitative estimate of drug-likeness (QED) is 0.574. The fourth-order valence-corrected chi connectivity index (χ4v) is 5.53. The summed E-state index contributed by atoms with van der Waals surface area (Å²) in [5, 5.41) is 12.1. The SMILES string of the molecule is CN(C)C1(c2ccccc2)CCC(C(O)(Cc2ccccc2)Cc2ccncc2)CC1. The molecule has 1 unspecified atom stereocenters. The predicted octanol–water partition coefficient (Wildman–Crippen LogP) is 5.25. The molecular weight excluding hydrogens is 380 g/mol. The molecule has 3 heteroatoms. The van der Waals surface area contributed by atoms with Crippen molar-refractivity contribution in [3.8, 4) is 0 Å². The van der Waals surface area contributed by atoms with Crippen molar-refractivity contribution < 1.29 is 5.11 Å². The standard InChI is InChI=1S/C28H34N2O/c1-30(2)27(25-11-7-4-8-12-25)17-13-26(14-18-27)28(31,21-23-9-5-3-6-10-23)22-24-15-19-29-20-16-24/h3-12,15-16,19-20,26,31H,13-14,17-18,21-22H2,1-2H3. The van der Waals surface area contributed by atoms with Crippen LogP contribution in [0, 0.1) is 5.92 Å². The van der Waals surface area contributed by atoms with Crippen LogP contribution < -0.4 is 0 Å². The van der Waals surface area contributed by atoms with Gasteiger partial charge in [-0.1, -0.05) is 60.7 Å². The first-order valence-electron chi connectivity index (χ1n) is 11.4. The molecule has 1 fully saturated rings. The fraction of sp³-hybridized carbons (Fsp3) is 0.393. The molecule has 0 saturated heterocycles. The van der Waals surface area contributed by atoms with Crippen LogP contribution in [-0.4, -0.2) is 34.7 Å². The Kier molecular flexibility index (Phi) is 6.54. The van der Waals surface area contributed by atoms with Crippen LogP contribution in [0.5, 0.6) is 0 Å². The fourth-order valence-electron chi connectivity index (χ4n) is 5.53. The summed E-state index contributed by atoms with van der Waals surface area (Å²) in [7, 11) is 4.39. The van der Waals surface area contributed by atoms with Gasteiger partial charge in [-0.05, 0) is 74.5 Å². The number of hydrogen-bond acceptors (Lipinski definition) is 3. The molecular formula is C28H34N2O. The average Bonchev–Trinajstić information content (AvgIpc) is 2.81. The van der Waals surface area contributed by atoms with Crippen molar-refractivity contribution in [3.05, 3.63) is 102 Å². The third-order valence-electron chi connectivity index (χ3n) is 7.35. The van der Waals surface area contributed by atoms with Gasteiger partial charge in [0.1, 0.15) is 0 Å². The molecule has 0 aliphatic heterocycles. The number of aliphatic hydroxyl groups is 1. The van der Waals surface area contributed by atoms with Crippen molar-refractivity contribution in [1.82, 2.24) is 9.88 Å². The van der Waals surface area contributed by atoms with Crippen LogP contribution >= 0.6 is 0 Å². The number of hydrogen-bond donors (Lipinski definition) is 1. The zero-order valence-electron chi connectivity index (χ0n) is 18.7. The van der Waals surface area contributed by atoms with Crippen LogP contribution in [0.25, 0.3) is 0 Å². The van der Waals surface area contributed by atoms with Gasteiger partial charge in [0.15, 0.2) is 0 Å². The Morgan fingerprint density at radius 3 is 1.90 bits per heavy atom. The number of rotatable bonds is 7. The zero-order chi connectivity index (χ0) is 21.7. The van der Waals surface area contributed by atoms with Gasteiger partial charge in [0.2, 0.25) is 0 Å². The normalized spacial score (nSPS) is 23.4. The van der Waals surface area contributed by atoms with E-state index in [4.69, 9.17) is 0 Å². The molecule has 1 aliphatic carbocycles. The van der Waals surface area contributed by atoms with E-state index in [0.717, 1.165) is 31.2 Å². The molecule has 162 valence electrons. The van der Waals surface area contributed by atoms with Crippen molar-refractivity contribution in [2.45, 2.75) is 49.7 Å². The minimum atomic E-state index is -0.766. The van der Waals surface area contributed by atoms with Gasteiger partial charge >= 0.3 is 0 Å². The molecule has 1 N–H and O–H groups in total. The van der Waals surface area contributed by atoms with Gasteiger partial charge in [-0.3, -0.25) is 9.88 Å². The van der Waals surface area contributed by atoms with Crippen LogP contribution in [0.1, 0.15) is 42.4 Å². The van der Waals surface area contributed by atoms with Crippen molar-refractivity contribution in [2.24, 2.45) is 5.92 Å². The summed E-state index contributed by atoms with van der Waals surface area (Å²) in [4.78, 5) is 6.54. The lowest BCUT2D eigenvalue weighted by molar-refractivity contribution is -0.0547. The summed E-state index contributed by atoms with van der Waals surface area (Å²) >= 11 is 0. The zero-order valence-corrected chi connectivity index (χ0v) is 18.7. The maximum absolute atomic E-state index is 12.1. The molecule has 1 saturated carbocycles. The molecule has 1 aromatic heterocycles. The third-order valence-corrected chi connectivity index (χ3v) is 7.35. The number of aromatic nitrogens is 1. The van der Waals surface area contributed by atoms with Crippen LogP contribution in [0.15, 0.2) is 85.2 Å². The topological polar surface area (TPSA) is 36.4 Å². The Morgan fingerprint density at radius 2 is 1.35 bits per heavy atom. The van der Waals surface area contributed by atoms with Crippen LogP contribution in [0.4, 0.5) is 0 Å². The van der Waals surface area contributed by atoms with Gasteiger partial charge in [-0.2, -0.15) is 0 Å². The van der Waals surface area contributed by atoms with E-state index in [1.54, 1.807) is 0 Å². The molecule has 0 amide bonds. The minimum Gasteiger partial charge on any atom is -0.389 e. The van der Waals surface area contributed by atoms with E-state index < -0.39 is 5.60 Å². The van der Waals surface area contributed by atoms with Gasteiger partial charge < -0.3 is 5.11 Å². The summed E-state index contributed by atoms with van der Waals surface area (Å²) < 4.78 is 0. The van der Waals surface area contributed by atoms with E-state index in [1.807, 2.05) is 30.6 Å². The molecule has 0 spiro atoms. The predicted molar refractivity (Wildman–Crippen MR) is 127 cm³/mol. The van der Waals surface area contributed by atoms with E-state index in [2.05, 4.69) is 78.6 Å². The molecule has 1 atom stereocenters. The molecule has 0 radical (unpaired) electrons. The molecule has 0 bridgehead atoms. The van der Waals surface area contributed by atoms with E-state index in [1.165, 1.54) is 11.1 Å². The summed E-state index contributed by atoms with van der Waals surface area (Å²) in [5.41, 5.74) is 3.02. The lowest BCUT2D eigenvalue weighted by Crippen LogP contribution is -2.50. The highest BCUT2D eigenvalue weighted by Gasteiger charge is 2.45. The lowest BCUT2D eigenvalue weighted by Gasteiger charge is -2.49. The summed E-state index contributed by atoms with van der Waals surface area (Å²) in [6, 6.07) is 25.4. The number of pyridine rings is 1. The van der Waals surface area contributed by atoms with Crippen molar-refractivity contribution in [3.63, 3.8) is 0 Å². The molecule has 1 aliphatic rings. The second-order valence-corrected chi connectivity index (χ2v) is 9.36. The van der Waals surface area contributed by atoms with E-state index in [0.29, 0.717) is 12.8 Å². The molecule has 2 aromatic carbocycles. The van der Waals surface area contributed by atoms with Gasteiger partial charge in [-0.15, -0.1) is 0 Å². The number of nitrogens with zero attached hydrogens (tertiary/aromatic N) is 2. The third kappa shape index (κ3) is 4.73. The van der Waals surface area contributed by atoms with Gasteiger partial charge in [0.05, 0.1) is 5.60 Å². The lowest BCUT2D eigenvalue weighted by atomic mass is 9.65. The molecule has 31 heavy (non-hydrogen) atoms. The van der Waals surface area contributed by atoms with Gasteiger partial charge in [0.25, 0.3) is 0 Å². The van der Waals surface area contributed by atoms with Gasteiger partial charge in [-0.25, -0.2) is 0 Å². The molecule has 4 rings (SSSR count). The highest BCUT2D eigenvalue weighted by molar-refractivity contribution is 5.26. The van der Waals surface area contributed by atoms with E-state index in [-0.39, 0.29) is 11.5 Å². The summed E-state index contributed by atoms with van der Waals surface area (Å²) in [6.45, 7) is 0. The monoisotopic (exact) mass is 414 g/mol. The van der Waals surface area contributed by atoms with Crippen LogP contribution in [0.2, 0.25) is 0 Å². The summed E-state index contributed by atoms with van der Waals surface area (Å²) in [6.07, 6.45) is 9.14. The first-order valence-corrected chi connectivity index (χ1v) is 11.4. The summed E-state index contributed by atoms with van der Waals surface area (Å²) in [5.74, 6) is 0.262. The molecule has 3 nitrogen and oxygen atoms in total. The van der Waals surface area contributed by atoms with E-state index >= 15 is 0 Å². The molecule has 3 aromatic rings. The van der Waals surface area contributed by atoms with Crippen LogP contribution in [-0.2, 0) is 18.4 Å². The Hall–Kier alpha value is -2.49. The smallest absolute Gasteiger partial charge is 0.0756 e. The van der Waals surface area contributed by atoms with Crippen LogP contribution in [0.3, 0.4) is 0 Å². The van der Waals surface area contributed by atoms with Crippen molar-refractivity contribution in [1.29, 1.82) is 0 Å². The minimum absolute atomic E-state index is 0.0437. The maximum atomic E-state index is 12.1. The first kappa shape index (κ1) is 21.7.